The molecular weight excluding hydrogens is 521 g/mol. The zero-order valence-corrected chi connectivity index (χ0v) is 21.8. The predicted molar refractivity (Wildman–Crippen MR) is 137 cm³/mol. The van der Waals surface area contributed by atoms with Gasteiger partial charge in [0.25, 0.3) is 0 Å². The van der Waals surface area contributed by atoms with E-state index < -0.39 is 30.4 Å². The van der Waals surface area contributed by atoms with Crippen LogP contribution in [0, 0.1) is 0 Å². The fraction of sp³-hybridized carbons (Fsp3) is 0.423. The summed E-state index contributed by atoms with van der Waals surface area (Å²) >= 11 is 11.9. The minimum atomic E-state index is -0.897. The lowest BCUT2D eigenvalue weighted by Crippen LogP contribution is -2.54. The lowest BCUT2D eigenvalue weighted by Gasteiger charge is -2.28. The maximum atomic E-state index is 13.2. The summed E-state index contributed by atoms with van der Waals surface area (Å²) in [6.07, 6.45) is 0.312. The molecule has 0 aromatic heterocycles. The fourth-order valence-corrected chi connectivity index (χ4v) is 5.00. The molecule has 4 rings (SSSR count). The molecule has 2 aromatic rings. The summed E-state index contributed by atoms with van der Waals surface area (Å²) in [5.41, 5.74) is 1.62. The number of rotatable bonds is 9. The van der Waals surface area contributed by atoms with Gasteiger partial charge in [-0.2, -0.15) is 0 Å². The van der Waals surface area contributed by atoms with Crippen molar-refractivity contribution < 1.29 is 29.0 Å². The molecule has 198 valence electrons. The van der Waals surface area contributed by atoms with Gasteiger partial charge in [0.2, 0.25) is 18.1 Å². The van der Waals surface area contributed by atoms with Crippen LogP contribution in [-0.2, 0) is 37.0 Å². The number of cyclic esters (lactones) is 1. The predicted octanol–water partition coefficient (Wildman–Crippen LogP) is 3.14. The fourth-order valence-electron chi connectivity index (χ4n) is 4.47. The molecule has 2 fully saturated rings. The molecule has 37 heavy (non-hydrogen) atoms. The number of hydrogen-bond donors (Lipinski definition) is 3. The maximum absolute atomic E-state index is 13.2. The number of hydrogen-bond acceptors (Lipinski definition) is 7. The first-order chi connectivity index (χ1) is 17.7. The van der Waals surface area contributed by atoms with Gasteiger partial charge in [-0.25, -0.2) is 0 Å². The molecule has 2 amide bonds. The van der Waals surface area contributed by atoms with Crippen molar-refractivity contribution in [2.24, 2.45) is 0 Å². The topological polar surface area (TPSA) is 117 Å². The molecule has 0 saturated carbocycles. The Kier molecular flexibility index (Phi) is 8.91. The van der Waals surface area contributed by atoms with Gasteiger partial charge in [-0.15, -0.1) is 0 Å². The SMILES string of the molecule is CC(NCc1cc(Cl)c(O)c(Cl)c1)C(=O)N1CCCC1C(=O)NC1CC(=O)OC1OCc1ccccc1. The van der Waals surface area contributed by atoms with E-state index in [0.717, 1.165) is 5.56 Å². The number of esters is 1. The summed E-state index contributed by atoms with van der Waals surface area (Å²) in [4.78, 5) is 39.8. The van der Waals surface area contributed by atoms with Gasteiger partial charge in [-0.1, -0.05) is 53.5 Å². The average Bonchev–Trinajstić information content (AvgIpc) is 3.51. The monoisotopic (exact) mass is 549 g/mol. The average molecular weight is 550 g/mol. The molecule has 2 aliphatic rings. The summed E-state index contributed by atoms with van der Waals surface area (Å²) in [5.74, 6) is -1.20. The summed E-state index contributed by atoms with van der Waals surface area (Å²) in [6.45, 7) is 2.70. The first kappa shape index (κ1) is 27.2. The van der Waals surface area contributed by atoms with Crippen LogP contribution >= 0.6 is 23.2 Å². The highest BCUT2D eigenvalue weighted by Gasteiger charge is 2.41. The molecule has 2 aliphatic heterocycles. The largest absolute Gasteiger partial charge is 0.505 e. The standard InChI is InChI=1S/C26H29Cl2N3O6/c1-15(29-13-17-10-18(27)23(33)19(28)11-17)25(35)31-9-5-8-21(31)24(34)30-20-12-22(32)37-26(20)36-14-16-6-3-2-4-7-16/h2-4,6-7,10-11,15,20-21,26,29,33H,5,8-9,12-14H2,1H3,(H,30,34). The third-order valence-corrected chi connectivity index (χ3v) is 7.02. The van der Waals surface area contributed by atoms with Crippen molar-refractivity contribution in [3.63, 3.8) is 0 Å². The van der Waals surface area contributed by atoms with E-state index in [-0.39, 0.29) is 40.6 Å². The van der Waals surface area contributed by atoms with Gasteiger partial charge in [-0.05, 0) is 43.0 Å². The van der Waals surface area contributed by atoms with E-state index in [1.54, 1.807) is 24.0 Å². The van der Waals surface area contributed by atoms with E-state index >= 15 is 0 Å². The summed E-state index contributed by atoms with van der Waals surface area (Å²) in [6, 6.07) is 10.7. The normalized spacial score (nSPS) is 22.1. The molecule has 0 spiro atoms. The Labute approximate surface area is 225 Å². The van der Waals surface area contributed by atoms with Crippen LogP contribution in [-0.4, -0.2) is 58.8 Å². The molecule has 2 heterocycles. The maximum Gasteiger partial charge on any atom is 0.310 e. The first-order valence-electron chi connectivity index (χ1n) is 12.1. The quantitative estimate of drug-likeness (QED) is 0.411. The lowest BCUT2D eigenvalue weighted by molar-refractivity contribution is -0.168. The summed E-state index contributed by atoms with van der Waals surface area (Å²) in [7, 11) is 0. The number of ether oxygens (including phenoxy) is 2. The van der Waals surface area contributed by atoms with Crippen molar-refractivity contribution in [2.45, 2.75) is 63.8 Å². The number of likely N-dealkylation sites (tertiary alicyclic amines) is 1. The summed E-state index contributed by atoms with van der Waals surface area (Å²) < 4.78 is 11.0. The van der Waals surface area contributed by atoms with Gasteiger partial charge in [-0.3, -0.25) is 14.4 Å². The Balaban J connectivity index is 1.32. The van der Waals surface area contributed by atoms with Crippen LogP contribution in [0.15, 0.2) is 42.5 Å². The highest BCUT2D eigenvalue weighted by Crippen LogP contribution is 2.32. The van der Waals surface area contributed by atoms with Crippen molar-refractivity contribution in [3.8, 4) is 5.75 Å². The Hall–Kier alpha value is -2.85. The van der Waals surface area contributed by atoms with Gasteiger partial charge in [0.1, 0.15) is 12.1 Å². The van der Waals surface area contributed by atoms with Crippen LogP contribution in [0.25, 0.3) is 0 Å². The third-order valence-electron chi connectivity index (χ3n) is 6.45. The van der Waals surface area contributed by atoms with Crippen molar-refractivity contribution in [1.29, 1.82) is 0 Å². The number of nitrogens with zero attached hydrogens (tertiary/aromatic N) is 1. The number of halogens is 2. The zero-order chi connectivity index (χ0) is 26.5. The molecule has 0 radical (unpaired) electrons. The van der Waals surface area contributed by atoms with E-state index in [0.29, 0.717) is 31.5 Å². The van der Waals surface area contributed by atoms with Gasteiger partial charge in [0.05, 0.1) is 29.1 Å². The van der Waals surface area contributed by atoms with Gasteiger partial charge < -0.3 is 30.1 Å². The summed E-state index contributed by atoms with van der Waals surface area (Å²) in [5, 5.41) is 15.9. The van der Waals surface area contributed by atoms with Crippen LogP contribution in [0.5, 0.6) is 5.75 Å². The van der Waals surface area contributed by atoms with Crippen LogP contribution in [0.4, 0.5) is 0 Å². The van der Waals surface area contributed by atoms with Gasteiger partial charge >= 0.3 is 5.97 Å². The second-order valence-electron chi connectivity index (χ2n) is 9.17. The van der Waals surface area contributed by atoms with Crippen LogP contribution in [0.3, 0.4) is 0 Å². The van der Waals surface area contributed by atoms with Gasteiger partial charge in [0, 0.05) is 13.1 Å². The highest BCUT2D eigenvalue weighted by molar-refractivity contribution is 6.37. The second kappa shape index (κ2) is 12.1. The van der Waals surface area contributed by atoms with Crippen LogP contribution < -0.4 is 10.6 Å². The molecule has 4 atom stereocenters. The number of phenols is 1. The Morgan fingerprint density at radius 2 is 1.89 bits per heavy atom. The molecule has 11 heteroatoms. The number of carbonyl (C=O) groups is 3. The van der Waals surface area contributed by atoms with E-state index in [2.05, 4.69) is 10.6 Å². The molecular formula is C26H29Cl2N3O6. The number of phenolic OH excluding ortho intramolecular Hbond substituents is 1. The minimum Gasteiger partial charge on any atom is -0.505 e. The lowest BCUT2D eigenvalue weighted by atomic mass is 10.1. The number of benzene rings is 2. The first-order valence-corrected chi connectivity index (χ1v) is 12.8. The highest BCUT2D eigenvalue weighted by atomic mass is 35.5. The van der Waals surface area contributed by atoms with E-state index in [4.69, 9.17) is 32.7 Å². The van der Waals surface area contributed by atoms with Crippen LogP contribution in [0.1, 0.15) is 37.3 Å². The van der Waals surface area contributed by atoms with E-state index in [9.17, 15) is 19.5 Å². The minimum absolute atomic E-state index is 0.00156. The molecule has 0 aliphatic carbocycles. The Bertz CT molecular complexity index is 1130. The molecule has 9 nitrogen and oxygen atoms in total. The van der Waals surface area contributed by atoms with Crippen molar-refractivity contribution in [2.75, 3.05) is 6.54 Å². The van der Waals surface area contributed by atoms with Crippen LogP contribution in [0.2, 0.25) is 10.0 Å². The van der Waals surface area contributed by atoms with Crippen molar-refractivity contribution >= 4 is 41.0 Å². The third kappa shape index (κ3) is 6.73. The molecule has 2 aromatic carbocycles. The second-order valence-corrected chi connectivity index (χ2v) is 9.99. The Morgan fingerprint density at radius 3 is 2.59 bits per heavy atom. The van der Waals surface area contributed by atoms with Gasteiger partial charge in [0.15, 0.2) is 5.75 Å². The van der Waals surface area contributed by atoms with Crippen molar-refractivity contribution in [3.05, 3.63) is 63.6 Å². The molecule has 4 unspecified atom stereocenters. The molecule has 0 bridgehead atoms. The number of carbonyl (C=O) groups excluding carboxylic acids is 3. The van der Waals surface area contributed by atoms with Crippen molar-refractivity contribution in [1.82, 2.24) is 15.5 Å². The van der Waals surface area contributed by atoms with E-state index in [1.807, 2.05) is 30.3 Å². The molecule has 3 N–H and O–H groups in total. The number of amides is 2. The molecule has 2 saturated heterocycles. The zero-order valence-electron chi connectivity index (χ0n) is 20.3. The number of aromatic hydroxyl groups is 1. The van der Waals surface area contributed by atoms with E-state index in [1.165, 1.54) is 0 Å². The Morgan fingerprint density at radius 1 is 1.19 bits per heavy atom. The smallest absolute Gasteiger partial charge is 0.310 e. The number of nitrogens with one attached hydrogen (secondary N) is 2.